The summed E-state index contributed by atoms with van der Waals surface area (Å²) in [6.45, 7) is 0.575. The van der Waals surface area contributed by atoms with Crippen molar-refractivity contribution in [2.75, 3.05) is 20.7 Å². The predicted octanol–water partition coefficient (Wildman–Crippen LogP) is 0.612. The molecule has 4 nitrogen and oxygen atoms in total. The fourth-order valence-electron chi connectivity index (χ4n) is 0.996. The first kappa shape index (κ1) is 11.5. The lowest BCUT2D eigenvalue weighted by molar-refractivity contribution is -0.130. The van der Waals surface area contributed by atoms with Crippen LogP contribution in [0.1, 0.15) is 5.56 Å². The molecule has 0 bridgehead atoms. The van der Waals surface area contributed by atoms with Gasteiger partial charge in [-0.2, -0.15) is 0 Å². The molecule has 2 N–H and O–H groups in total. The van der Waals surface area contributed by atoms with E-state index in [0.717, 1.165) is 5.56 Å². The van der Waals surface area contributed by atoms with Gasteiger partial charge in [-0.15, -0.1) is 0 Å². The van der Waals surface area contributed by atoms with Crippen LogP contribution in [0.3, 0.4) is 0 Å². The summed E-state index contributed by atoms with van der Waals surface area (Å²) < 4.78 is 5.30. The van der Waals surface area contributed by atoms with Crippen LogP contribution in [-0.4, -0.2) is 31.5 Å². The van der Waals surface area contributed by atoms with Crippen molar-refractivity contribution in [1.29, 1.82) is 0 Å². The second-order valence-corrected chi connectivity index (χ2v) is 3.42. The van der Waals surface area contributed by atoms with Gasteiger partial charge in [0.2, 0.25) is 0 Å². The molecular formula is C11H16N2O2. The molecule has 0 saturated heterocycles. The lowest BCUT2D eigenvalue weighted by atomic mass is 10.2. The molecule has 0 saturated carbocycles. The van der Waals surface area contributed by atoms with E-state index in [2.05, 4.69) is 0 Å². The normalized spacial score (nSPS) is 9.80. The SMILES string of the molecule is CN(C)C(=O)COc1ccc(CN)cc1. The molecule has 4 heteroatoms. The highest BCUT2D eigenvalue weighted by Crippen LogP contribution is 2.11. The van der Waals surface area contributed by atoms with E-state index < -0.39 is 0 Å². The van der Waals surface area contributed by atoms with Crippen LogP contribution in [0, 0.1) is 0 Å². The van der Waals surface area contributed by atoms with Gasteiger partial charge in [0.15, 0.2) is 6.61 Å². The molecule has 15 heavy (non-hydrogen) atoms. The summed E-state index contributed by atoms with van der Waals surface area (Å²) >= 11 is 0. The molecule has 0 heterocycles. The molecular weight excluding hydrogens is 192 g/mol. The molecule has 0 aliphatic heterocycles. The predicted molar refractivity (Wildman–Crippen MR) is 58.5 cm³/mol. The maximum Gasteiger partial charge on any atom is 0.259 e. The Labute approximate surface area is 89.6 Å². The third-order valence-electron chi connectivity index (χ3n) is 2.02. The summed E-state index contributed by atoms with van der Waals surface area (Å²) in [5.41, 5.74) is 6.50. The van der Waals surface area contributed by atoms with Crippen molar-refractivity contribution < 1.29 is 9.53 Å². The van der Waals surface area contributed by atoms with Gasteiger partial charge >= 0.3 is 0 Å². The molecule has 0 spiro atoms. The Morgan fingerprint density at radius 1 is 1.33 bits per heavy atom. The summed E-state index contributed by atoms with van der Waals surface area (Å²) in [6, 6.07) is 7.39. The first-order valence-electron chi connectivity index (χ1n) is 4.75. The van der Waals surface area contributed by atoms with E-state index in [1.807, 2.05) is 24.3 Å². The maximum atomic E-state index is 11.2. The van der Waals surface area contributed by atoms with Gasteiger partial charge in [0, 0.05) is 20.6 Å². The van der Waals surface area contributed by atoms with Crippen LogP contribution in [-0.2, 0) is 11.3 Å². The number of hydrogen-bond acceptors (Lipinski definition) is 3. The maximum absolute atomic E-state index is 11.2. The largest absolute Gasteiger partial charge is 0.484 e. The van der Waals surface area contributed by atoms with Crippen LogP contribution in [0.5, 0.6) is 5.75 Å². The molecule has 1 rings (SSSR count). The van der Waals surface area contributed by atoms with Crippen LogP contribution >= 0.6 is 0 Å². The molecule has 0 unspecified atom stereocenters. The van der Waals surface area contributed by atoms with Crippen LogP contribution in [0.2, 0.25) is 0 Å². The first-order chi connectivity index (χ1) is 7.13. The minimum atomic E-state index is -0.0575. The number of likely N-dealkylation sites (N-methyl/N-ethyl adjacent to an activating group) is 1. The van der Waals surface area contributed by atoms with Crippen LogP contribution in [0.15, 0.2) is 24.3 Å². The topological polar surface area (TPSA) is 55.6 Å². The summed E-state index contributed by atoms with van der Waals surface area (Å²) in [6.07, 6.45) is 0. The third-order valence-corrected chi connectivity index (χ3v) is 2.02. The summed E-state index contributed by atoms with van der Waals surface area (Å²) in [4.78, 5) is 12.7. The van der Waals surface area contributed by atoms with Gasteiger partial charge in [0.05, 0.1) is 0 Å². The molecule has 0 aliphatic rings. The lowest BCUT2D eigenvalue weighted by Gasteiger charge is -2.11. The molecule has 1 amide bonds. The van der Waals surface area contributed by atoms with Gasteiger partial charge in [-0.1, -0.05) is 12.1 Å². The number of carbonyl (C=O) groups excluding carboxylic acids is 1. The Morgan fingerprint density at radius 3 is 2.40 bits per heavy atom. The van der Waals surface area contributed by atoms with Crippen molar-refractivity contribution >= 4 is 5.91 Å². The number of nitrogens with zero attached hydrogens (tertiary/aromatic N) is 1. The summed E-state index contributed by atoms with van der Waals surface area (Å²) in [5, 5.41) is 0. The highest BCUT2D eigenvalue weighted by molar-refractivity contribution is 5.77. The van der Waals surface area contributed by atoms with E-state index in [0.29, 0.717) is 12.3 Å². The van der Waals surface area contributed by atoms with E-state index >= 15 is 0 Å². The van der Waals surface area contributed by atoms with E-state index in [-0.39, 0.29) is 12.5 Å². The molecule has 0 radical (unpaired) electrons. The highest BCUT2D eigenvalue weighted by Gasteiger charge is 2.04. The van der Waals surface area contributed by atoms with Crippen molar-refractivity contribution in [1.82, 2.24) is 4.90 Å². The van der Waals surface area contributed by atoms with Gasteiger partial charge < -0.3 is 15.4 Å². The number of amides is 1. The van der Waals surface area contributed by atoms with Crippen molar-refractivity contribution in [2.45, 2.75) is 6.54 Å². The molecule has 1 aromatic rings. The average molecular weight is 208 g/mol. The Kier molecular flexibility index (Phi) is 4.12. The van der Waals surface area contributed by atoms with Gasteiger partial charge in [-0.05, 0) is 17.7 Å². The minimum Gasteiger partial charge on any atom is -0.484 e. The van der Waals surface area contributed by atoms with Crippen LogP contribution < -0.4 is 10.5 Å². The Balaban J connectivity index is 2.47. The van der Waals surface area contributed by atoms with E-state index in [9.17, 15) is 4.79 Å². The smallest absolute Gasteiger partial charge is 0.259 e. The monoisotopic (exact) mass is 208 g/mol. The number of rotatable bonds is 4. The van der Waals surface area contributed by atoms with Crippen molar-refractivity contribution in [2.24, 2.45) is 5.73 Å². The number of ether oxygens (including phenoxy) is 1. The van der Waals surface area contributed by atoms with Gasteiger partial charge in [0.25, 0.3) is 5.91 Å². The van der Waals surface area contributed by atoms with E-state index in [1.54, 1.807) is 14.1 Å². The molecule has 0 aliphatic carbocycles. The Hall–Kier alpha value is -1.55. The molecule has 0 atom stereocenters. The molecule has 0 fully saturated rings. The average Bonchev–Trinajstić information content (AvgIpc) is 2.26. The van der Waals surface area contributed by atoms with E-state index in [4.69, 9.17) is 10.5 Å². The van der Waals surface area contributed by atoms with Crippen LogP contribution in [0.4, 0.5) is 0 Å². The minimum absolute atomic E-state index is 0.0575. The van der Waals surface area contributed by atoms with Crippen LogP contribution in [0.25, 0.3) is 0 Å². The number of nitrogens with two attached hydrogens (primary N) is 1. The fourth-order valence-corrected chi connectivity index (χ4v) is 0.996. The van der Waals surface area contributed by atoms with Crippen molar-refractivity contribution in [3.63, 3.8) is 0 Å². The zero-order valence-electron chi connectivity index (χ0n) is 9.06. The Bertz CT molecular complexity index is 320. The summed E-state index contributed by atoms with van der Waals surface area (Å²) in [5.74, 6) is 0.625. The third kappa shape index (κ3) is 3.59. The number of benzene rings is 1. The lowest BCUT2D eigenvalue weighted by Crippen LogP contribution is -2.27. The second kappa shape index (κ2) is 5.36. The fraction of sp³-hybridized carbons (Fsp3) is 0.364. The second-order valence-electron chi connectivity index (χ2n) is 3.42. The molecule has 82 valence electrons. The quantitative estimate of drug-likeness (QED) is 0.788. The highest BCUT2D eigenvalue weighted by atomic mass is 16.5. The van der Waals surface area contributed by atoms with Gasteiger partial charge in [0.1, 0.15) is 5.75 Å². The summed E-state index contributed by atoms with van der Waals surface area (Å²) in [7, 11) is 3.40. The first-order valence-corrected chi connectivity index (χ1v) is 4.75. The van der Waals surface area contributed by atoms with Gasteiger partial charge in [-0.25, -0.2) is 0 Å². The zero-order chi connectivity index (χ0) is 11.3. The van der Waals surface area contributed by atoms with Gasteiger partial charge in [-0.3, -0.25) is 4.79 Å². The number of hydrogen-bond donors (Lipinski definition) is 1. The molecule has 1 aromatic carbocycles. The van der Waals surface area contributed by atoms with Crippen molar-refractivity contribution in [3.05, 3.63) is 29.8 Å². The van der Waals surface area contributed by atoms with Crippen molar-refractivity contribution in [3.8, 4) is 5.75 Å². The van der Waals surface area contributed by atoms with E-state index in [1.165, 1.54) is 4.90 Å². The Morgan fingerprint density at radius 2 is 1.93 bits per heavy atom. The standard InChI is InChI=1S/C11H16N2O2/c1-13(2)11(14)8-15-10-5-3-9(7-12)4-6-10/h3-6H,7-8,12H2,1-2H3. The molecule has 0 aromatic heterocycles. The zero-order valence-corrected chi connectivity index (χ0v) is 9.06. The number of carbonyl (C=O) groups is 1.